The van der Waals surface area contributed by atoms with E-state index in [0.29, 0.717) is 11.1 Å². The Morgan fingerprint density at radius 3 is 1.54 bits per heavy atom. The van der Waals surface area contributed by atoms with E-state index in [1.165, 1.54) is 65.3 Å². The summed E-state index contributed by atoms with van der Waals surface area (Å²) in [6.07, 6.45) is 0. The van der Waals surface area contributed by atoms with Gasteiger partial charge in [0, 0.05) is 0 Å². The predicted octanol–water partition coefficient (Wildman–Crippen LogP) is 12.1. The normalized spacial score (nSPS) is 11.3. The van der Waals surface area contributed by atoms with Gasteiger partial charge in [-0.25, -0.2) is 0 Å². The van der Waals surface area contributed by atoms with Crippen molar-refractivity contribution in [1.82, 2.24) is 0 Å². The molecule has 0 saturated heterocycles. The van der Waals surface area contributed by atoms with Gasteiger partial charge in [0.2, 0.25) is 0 Å². The summed E-state index contributed by atoms with van der Waals surface area (Å²) in [5.41, 5.74) is 10.4. The molecule has 0 saturated carbocycles. The zero-order chi connectivity index (χ0) is 32.2. The lowest BCUT2D eigenvalue weighted by Gasteiger charge is -2.21. The molecular formula is C46H26N2. The Hall–Kier alpha value is -6.74. The average Bonchev–Trinajstić information content (AvgIpc) is 3.16. The van der Waals surface area contributed by atoms with E-state index in [2.05, 4.69) is 133 Å². The van der Waals surface area contributed by atoms with Crippen LogP contribution >= 0.6 is 0 Å². The van der Waals surface area contributed by atoms with Gasteiger partial charge in [-0.3, -0.25) is 0 Å². The van der Waals surface area contributed by atoms with Crippen molar-refractivity contribution in [2.24, 2.45) is 0 Å². The molecule has 0 aromatic heterocycles. The Morgan fingerprint density at radius 2 is 0.833 bits per heavy atom. The van der Waals surface area contributed by atoms with Crippen LogP contribution in [0.2, 0.25) is 0 Å². The van der Waals surface area contributed by atoms with Gasteiger partial charge in [-0.15, -0.1) is 0 Å². The minimum Gasteiger partial charge on any atom is -0.192 e. The van der Waals surface area contributed by atoms with Crippen molar-refractivity contribution in [2.45, 2.75) is 0 Å². The Bertz CT molecular complexity index is 2780. The van der Waals surface area contributed by atoms with Gasteiger partial charge in [0.15, 0.2) is 0 Å². The number of hydrogen-bond acceptors (Lipinski definition) is 2. The summed E-state index contributed by atoms with van der Waals surface area (Å²) in [5.74, 6) is 0. The second kappa shape index (κ2) is 11.0. The SMILES string of the molecule is N#Cc1ccc(-c2ccc3ccc4c(-c5ccc(C#N)cc5)cc(-c5ccccc5-c5ccc6ccccc6c5)c5ccc2c3c45)cc1. The molecule has 0 atom stereocenters. The second-order valence-corrected chi connectivity index (χ2v) is 12.3. The van der Waals surface area contributed by atoms with Crippen molar-refractivity contribution in [2.75, 3.05) is 0 Å². The molecule has 0 fully saturated rings. The van der Waals surface area contributed by atoms with Gasteiger partial charge in [0.05, 0.1) is 23.3 Å². The third-order valence-electron chi connectivity index (χ3n) is 9.71. The molecule has 0 aliphatic rings. The highest BCUT2D eigenvalue weighted by Crippen LogP contribution is 2.47. The summed E-state index contributed by atoms with van der Waals surface area (Å²) in [5, 5.41) is 28.6. The van der Waals surface area contributed by atoms with Crippen molar-refractivity contribution >= 4 is 43.1 Å². The highest BCUT2D eigenvalue weighted by Gasteiger charge is 2.20. The van der Waals surface area contributed by atoms with Gasteiger partial charge >= 0.3 is 0 Å². The van der Waals surface area contributed by atoms with Gasteiger partial charge in [-0.2, -0.15) is 10.5 Å². The molecule has 2 heteroatoms. The molecule has 0 aliphatic heterocycles. The zero-order valence-electron chi connectivity index (χ0n) is 25.9. The minimum atomic E-state index is 0.644. The van der Waals surface area contributed by atoms with E-state index in [9.17, 15) is 10.5 Å². The van der Waals surface area contributed by atoms with E-state index in [1.54, 1.807) is 0 Å². The number of nitrogens with zero attached hydrogens (tertiary/aromatic N) is 2. The lowest BCUT2D eigenvalue weighted by molar-refractivity contribution is 1.48. The molecule has 0 unspecified atom stereocenters. The molecular weight excluding hydrogens is 581 g/mol. The maximum Gasteiger partial charge on any atom is 0.0991 e. The van der Waals surface area contributed by atoms with E-state index in [1.807, 2.05) is 36.4 Å². The maximum atomic E-state index is 9.54. The first kappa shape index (κ1) is 27.6. The molecule has 0 N–H and O–H groups in total. The molecule has 0 bridgehead atoms. The summed E-state index contributed by atoms with van der Waals surface area (Å²) >= 11 is 0. The number of benzene rings is 9. The van der Waals surface area contributed by atoms with Crippen molar-refractivity contribution in [1.29, 1.82) is 10.5 Å². The topological polar surface area (TPSA) is 47.6 Å². The van der Waals surface area contributed by atoms with Crippen LogP contribution in [-0.4, -0.2) is 0 Å². The molecule has 0 heterocycles. The molecule has 48 heavy (non-hydrogen) atoms. The van der Waals surface area contributed by atoms with Gasteiger partial charge < -0.3 is 0 Å². The van der Waals surface area contributed by atoms with E-state index in [-0.39, 0.29) is 0 Å². The fraction of sp³-hybridized carbons (Fsp3) is 0. The Labute approximate surface area is 278 Å². The van der Waals surface area contributed by atoms with Gasteiger partial charge in [0.1, 0.15) is 0 Å². The third-order valence-corrected chi connectivity index (χ3v) is 9.71. The molecule has 2 nitrogen and oxygen atoms in total. The lowest BCUT2D eigenvalue weighted by atomic mass is 9.82. The molecule has 0 amide bonds. The van der Waals surface area contributed by atoms with Gasteiger partial charge in [-0.1, -0.05) is 121 Å². The van der Waals surface area contributed by atoms with Crippen molar-refractivity contribution < 1.29 is 0 Å². The number of fused-ring (bicyclic) bond motifs is 1. The standard InChI is InChI=1S/C46H26N2/c47-27-29-9-13-32(14-10-29)38-21-19-34-20-22-41-43(33-15-11-30(28-48)12-16-33)26-44(42-24-23-40(38)45(34)46(41)42)39-8-4-3-7-37(39)36-18-17-31-5-1-2-6-35(31)25-36/h1-26H. The van der Waals surface area contributed by atoms with Crippen molar-refractivity contribution in [3.63, 3.8) is 0 Å². The van der Waals surface area contributed by atoms with Crippen LogP contribution in [0.25, 0.3) is 87.6 Å². The van der Waals surface area contributed by atoms with Crippen LogP contribution in [0.4, 0.5) is 0 Å². The third kappa shape index (κ3) is 4.33. The van der Waals surface area contributed by atoms with Crippen molar-refractivity contribution in [3.05, 3.63) is 169 Å². The molecule has 220 valence electrons. The van der Waals surface area contributed by atoms with Gasteiger partial charge in [0.25, 0.3) is 0 Å². The summed E-state index contributed by atoms with van der Waals surface area (Å²) < 4.78 is 0. The summed E-state index contributed by atoms with van der Waals surface area (Å²) in [6.45, 7) is 0. The Balaban J connectivity index is 1.37. The molecule has 9 aromatic rings. The van der Waals surface area contributed by atoms with E-state index in [0.717, 1.165) is 22.3 Å². The van der Waals surface area contributed by atoms with Crippen LogP contribution < -0.4 is 0 Å². The molecule has 0 aliphatic carbocycles. The fourth-order valence-electron chi connectivity index (χ4n) is 7.39. The fourth-order valence-corrected chi connectivity index (χ4v) is 7.39. The highest BCUT2D eigenvalue weighted by molar-refractivity contribution is 6.30. The zero-order valence-corrected chi connectivity index (χ0v) is 25.9. The first-order valence-electron chi connectivity index (χ1n) is 16.0. The van der Waals surface area contributed by atoms with Gasteiger partial charge in [-0.05, 0) is 124 Å². The molecule has 9 aromatic carbocycles. The monoisotopic (exact) mass is 606 g/mol. The van der Waals surface area contributed by atoms with Crippen LogP contribution in [-0.2, 0) is 0 Å². The lowest BCUT2D eigenvalue weighted by Crippen LogP contribution is -1.94. The molecule has 0 spiro atoms. The smallest absolute Gasteiger partial charge is 0.0991 e. The number of hydrogen-bond donors (Lipinski definition) is 0. The largest absolute Gasteiger partial charge is 0.192 e. The summed E-state index contributed by atoms with van der Waals surface area (Å²) in [4.78, 5) is 0. The molecule has 9 rings (SSSR count). The van der Waals surface area contributed by atoms with E-state index < -0.39 is 0 Å². The van der Waals surface area contributed by atoms with Crippen LogP contribution in [0.3, 0.4) is 0 Å². The maximum absolute atomic E-state index is 9.54. The highest BCUT2D eigenvalue weighted by atomic mass is 14.3. The first-order valence-corrected chi connectivity index (χ1v) is 16.0. The minimum absolute atomic E-state index is 0.644. The average molecular weight is 607 g/mol. The quantitative estimate of drug-likeness (QED) is 0.187. The van der Waals surface area contributed by atoms with E-state index in [4.69, 9.17) is 0 Å². The van der Waals surface area contributed by atoms with Crippen LogP contribution in [0, 0.1) is 22.7 Å². The predicted molar refractivity (Wildman–Crippen MR) is 199 cm³/mol. The van der Waals surface area contributed by atoms with E-state index >= 15 is 0 Å². The number of nitriles is 2. The van der Waals surface area contributed by atoms with Crippen LogP contribution in [0.5, 0.6) is 0 Å². The molecule has 0 radical (unpaired) electrons. The van der Waals surface area contributed by atoms with Crippen molar-refractivity contribution in [3.8, 4) is 56.6 Å². The first-order chi connectivity index (χ1) is 23.7. The Kier molecular flexibility index (Phi) is 6.29. The second-order valence-electron chi connectivity index (χ2n) is 12.3. The Morgan fingerprint density at radius 1 is 0.312 bits per heavy atom. The van der Waals surface area contributed by atoms with Crippen LogP contribution in [0.1, 0.15) is 11.1 Å². The summed E-state index contributed by atoms with van der Waals surface area (Å²) in [7, 11) is 0. The number of rotatable bonds is 4. The van der Waals surface area contributed by atoms with Crippen LogP contribution in [0.15, 0.2) is 158 Å². The summed E-state index contributed by atoms with van der Waals surface area (Å²) in [6, 6.07) is 60.0.